The standard InChI is InChI=1S/C24H25FN6O3/c25-19-12-16(4-5-18(19)23(33)31-11-10-27-21(32)14-31)29-24-28-13-15-2-1-3-20(22(15)30-24)34-17-6-8-26-9-7-17/h1-5,12-13,17,26H,6-11,14H2,(H,27,32)(H,28,29,30). The predicted molar refractivity (Wildman–Crippen MR) is 125 cm³/mol. The molecule has 2 saturated heterocycles. The highest BCUT2D eigenvalue weighted by Crippen LogP contribution is 2.27. The number of anilines is 2. The van der Waals surface area contributed by atoms with Crippen LogP contribution in [0.3, 0.4) is 0 Å². The van der Waals surface area contributed by atoms with Crippen molar-refractivity contribution < 1.29 is 18.7 Å². The number of aromatic nitrogens is 2. The molecule has 9 nitrogen and oxygen atoms in total. The van der Waals surface area contributed by atoms with Crippen molar-refractivity contribution in [2.45, 2.75) is 18.9 Å². The summed E-state index contributed by atoms with van der Waals surface area (Å²) in [7, 11) is 0. The number of piperazine rings is 1. The first-order valence-electron chi connectivity index (χ1n) is 11.3. The highest BCUT2D eigenvalue weighted by atomic mass is 19.1. The molecular formula is C24H25FN6O3. The summed E-state index contributed by atoms with van der Waals surface area (Å²) in [6, 6.07) is 9.93. The van der Waals surface area contributed by atoms with E-state index in [1.54, 1.807) is 12.3 Å². The van der Waals surface area contributed by atoms with Crippen molar-refractivity contribution in [2.24, 2.45) is 0 Å². The molecule has 2 aliphatic rings. The Bertz CT molecular complexity index is 1230. The van der Waals surface area contributed by atoms with E-state index in [0.29, 0.717) is 36.0 Å². The first-order valence-corrected chi connectivity index (χ1v) is 11.3. The lowest BCUT2D eigenvalue weighted by Gasteiger charge is -2.26. The zero-order chi connectivity index (χ0) is 23.5. The van der Waals surface area contributed by atoms with E-state index in [0.717, 1.165) is 31.3 Å². The maximum absolute atomic E-state index is 14.8. The molecule has 10 heteroatoms. The minimum Gasteiger partial charge on any atom is -0.488 e. The molecule has 2 aromatic carbocycles. The van der Waals surface area contributed by atoms with E-state index in [1.807, 2.05) is 18.2 Å². The van der Waals surface area contributed by atoms with Gasteiger partial charge in [-0.3, -0.25) is 9.59 Å². The number of benzene rings is 2. The molecule has 5 rings (SSSR count). The Balaban J connectivity index is 1.34. The van der Waals surface area contributed by atoms with Gasteiger partial charge in [0, 0.05) is 30.4 Å². The molecule has 1 aromatic heterocycles. The fourth-order valence-electron chi connectivity index (χ4n) is 4.15. The molecule has 3 N–H and O–H groups in total. The third kappa shape index (κ3) is 4.76. The molecule has 0 unspecified atom stereocenters. The van der Waals surface area contributed by atoms with Crippen LogP contribution in [0.25, 0.3) is 10.9 Å². The first kappa shape index (κ1) is 22.0. The zero-order valence-electron chi connectivity index (χ0n) is 18.5. The Morgan fingerprint density at radius 1 is 1.18 bits per heavy atom. The molecule has 34 heavy (non-hydrogen) atoms. The van der Waals surface area contributed by atoms with Crippen LogP contribution in [-0.4, -0.2) is 65.5 Å². The Hall–Kier alpha value is -3.79. The third-order valence-corrected chi connectivity index (χ3v) is 5.93. The number of nitrogens with zero attached hydrogens (tertiary/aromatic N) is 3. The van der Waals surface area contributed by atoms with Crippen LogP contribution in [-0.2, 0) is 4.79 Å². The molecular weight excluding hydrogens is 439 g/mol. The van der Waals surface area contributed by atoms with E-state index in [2.05, 4.69) is 25.9 Å². The summed E-state index contributed by atoms with van der Waals surface area (Å²) in [6.45, 7) is 2.47. The van der Waals surface area contributed by atoms with E-state index in [4.69, 9.17) is 4.74 Å². The molecule has 2 aliphatic heterocycles. The number of fused-ring (bicyclic) bond motifs is 1. The molecule has 0 bridgehead atoms. The van der Waals surface area contributed by atoms with Crippen molar-refractivity contribution in [3.05, 3.63) is 54.0 Å². The highest BCUT2D eigenvalue weighted by molar-refractivity contribution is 5.97. The van der Waals surface area contributed by atoms with Crippen molar-refractivity contribution in [2.75, 3.05) is 38.0 Å². The predicted octanol–water partition coefficient (Wildman–Crippen LogP) is 2.22. The van der Waals surface area contributed by atoms with Crippen molar-refractivity contribution in [3.8, 4) is 5.75 Å². The van der Waals surface area contributed by atoms with Gasteiger partial charge in [-0.25, -0.2) is 14.4 Å². The number of para-hydroxylation sites is 1. The quantitative estimate of drug-likeness (QED) is 0.531. The Labute approximate surface area is 195 Å². The normalized spacial score (nSPS) is 16.9. The lowest BCUT2D eigenvalue weighted by molar-refractivity contribution is -0.123. The summed E-state index contributed by atoms with van der Waals surface area (Å²) >= 11 is 0. The van der Waals surface area contributed by atoms with Crippen molar-refractivity contribution in [3.63, 3.8) is 0 Å². The van der Waals surface area contributed by atoms with Gasteiger partial charge in [0.1, 0.15) is 23.2 Å². The Morgan fingerprint density at radius 2 is 2.03 bits per heavy atom. The smallest absolute Gasteiger partial charge is 0.257 e. The molecule has 0 atom stereocenters. The van der Waals surface area contributed by atoms with Gasteiger partial charge >= 0.3 is 0 Å². The van der Waals surface area contributed by atoms with E-state index in [-0.39, 0.29) is 24.1 Å². The van der Waals surface area contributed by atoms with E-state index in [1.165, 1.54) is 17.0 Å². The van der Waals surface area contributed by atoms with Gasteiger partial charge in [0.15, 0.2) is 0 Å². The second kappa shape index (κ2) is 9.60. The van der Waals surface area contributed by atoms with Crippen LogP contribution in [0.2, 0.25) is 0 Å². The molecule has 0 saturated carbocycles. The van der Waals surface area contributed by atoms with Crippen molar-refractivity contribution >= 4 is 34.4 Å². The number of carbonyl (C=O) groups is 2. The average molecular weight is 465 g/mol. The summed E-state index contributed by atoms with van der Waals surface area (Å²) in [5.41, 5.74) is 0.994. The van der Waals surface area contributed by atoms with Crippen LogP contribution in [0.15, 0.2) is 42.6 Å². The lowest BCUT2D eigenvalue weighted by atomic mass is 10.1. The van der Waals surface area contributed by atoms with Crippen LogP contribution < -0.4 is 20.7 Å². The molecule has 3 heterocycles. The van der Waals surface area contributed by atoms with Gasteiger partial charge in [0.05, 0.1) is 12.1 Å². The number of hydrogen-bond donors (Lipinski definition) is 3. The summed E-state index contributed by atoms with van der Waals surface area (Å²) in [5, 5.41) is 9.81. The number of amides is 2. The van der Waals surface area contributed by atoms with Crippen LogP contribution in [0, 0.1) is 5.82 Å². The van der Waals surface area contributed by atoms with Gasteiger partial charge in [-0.15, -0.1) is 0 Å². The van der Waals surface area contributed by atoms with E-state index in [9.17, 15) is 14.0 Å². The number of piperidine rings is 1. The van der Waals surface area contributed by atoms with Crippen LogP contribution in [0.5, 0.6) is 5.75 Å². The van der Waals surface area contributed by atoms with Crippen molar-refractivity contribution in [1.29, 1.82) is 0 Å². The number of hydrogen-bond acceptors (Lipinski definition) is 7. The number of carbonyl (C=O) groups excluding carboxylic acids is 2. The van der Waals surface area contributed by atoms with Gasteiger partial charge < -0.3 is 25.6 Å². The van der Waals surface area contributed by atoms with Crippen LogP contribution in [0.1, 0.15) is 23.2 Å². The summed E-state index contributed by atoms with van der Waals surface area (Å²) in [6.07, 6.45) is 3.68. The highest BCUT2D eigenvalue weighted by Gasteiger charge is 2.24. The number of halogens is 1. The van der Waals surface area contributed by atoms with Gasteiger partial charge in [0.25, 0.3) is 5.91 Å². The largest absolute Gasteiger partial charge is 0.488 e. The molecule has 0 aliphatic carbocycles. The van der Waals surface area contributed by atoms with Gasteiger partial charge in [-0.05, 0) is 50.2 Å². The number of rotatable bonds is 5. The summed E-state index contributed by atoms with van der Waals surface area (Å²) < 4.78 is 21.0. The van der Waals surface area contributed by atoms with Gasteiger partial charge in [0.2, 0.25) is 11.9 Å². The Morgan fingerprint density at radius 3 is 2.82 bits per heavy atom. The maximum atomic E-state index is 14.8. The number of ether oxygens (including phenoxy) is 1. The fourth-order valence-corrected chi connectivity index (χ4v) is 4.15. The number of nitrogens with one attached hydrogen (secondary N) is 3. The Kier molecular flexibility index (Phi) is 6.22. The molecule has 3 aromatic rings. The van der Waals surface area contributed by atoms with Crippen LogP contribution in [0.4, 0.5) is 16.0 Å². The molecule has 0 spiro atoms. The summed E-state index contributed by atoms with van der Waals surface area (Å²) in [4.78, 5) is 34.4. The van der Waals surface area contributed by atoms with Gasteiger partial charge in [-0.1, -0.05) is 12.1 Å². The molecule has 2 amide bonds. The zero-order valence-corrected chi connectivity index (χ0v) is 18.5. The maximum Gasteiger partial charge on any atom is 0.257 e. The monoisotopic (exact) mass is 464 g/mol. The third-order valence-electron chi connectivity index (χ3n) is 5.93. The molecule has 0 radical (unpaired) electrons. The average Bonchev–Trinajstić information content (AvgIpc) is 2.85. The van der Waals surface area contributed by atoms with Crippen molar-refractivity contribution in [1.82, 2.24) is 25.5 Å². The second-order valence-electron chi connectivity index (χ2n) is 8.35. The molecule has 176 valence electrons. The first-order chi connectivity index (χ1) is 16.6. The second-order valence-corrected chi connectivity index (χ2v) is 8.35. The topological polar surface area (TPSA) is 108 Å². The fraction of sp³-hybridized carbons (Fsp3) is 0.333. The lowest BCUT2D eigenvalue weighted by Crippen LogP contribution is -2.50. The summed E-state index contributed by atoms with van der Waals surface area (Å²) in [5.74, 6) is -0.472. The SMILES string of the molecule is O=C1CN(C(=O)c2ccc(Nc3ncc4cccc(OC5CCNCC5)c4n3)cc2F)CCN1. The van der Waals surface area contributed by atoms with Crippen LogP contribution >= 0.6 is 0 Å². The minimum atomic E-state index is -0.684. The minimum absolute atomic E-state index is 0.0784. The molecule has 2 fully saturated rings. The van der Waals surface area contributed by atoms with Gasteiger partial charge in [-0.2, -0.15) is 0 Å². The van der Waals surface area contributed by atoms with E-state index < -0.39 is 11.7 Å². The van der Waals surface area contributed by atoms with E-state index >= 15 is 0 Å².